The third-order valence-electron chi connectivity index (χ3n) is 13.9. The van der Waals surface area contributed by atoms with Crippen molar-refractivity contribution in [1.29, 1.82) is 0 Å². The number of hydrogen-bond acceptors (Lipinski definition) is 2. The van der Waals surface area contributed by atoms with Crippen LogP contribution in [0.25, 0.3) is 53.6 Å². The molecular weight excluding hydrogens is 671 g/mol. The SMILES string of the molecule is c1ccc(N(c2ccc(-c3ccccc3-c3cccc4sc5ccccc5c34)cc2)c2ccc3c(c2)-c2ccccc2C32C3CC4CC(C3)CC2C4)cc1. The van der Waals surface area contributed by atoms with Crippen LogP contribution in [0.15, 0.2) is 164 Å². The second-order valence-electron chi connectivity index (χ2n) is 16.5. The maximum Gasteiger partial charge on any atom is 0.0468 e. The first kappa shape index (κ1) is 31.0. The Bertz CT molecular complexity index is 2710. The smallest absolute Gasteiger partial charge is 0.0468 e. The summed E-state index contributed by atoms with van der Waals surface area (Å²) in [6.45, 7) is 0. The fraction of sp³-hybridized carbons (Fsp3) is 0.192. The minimum absolute atomic E-state index is 0.185. The summed E-state index contributed by atoms with van der Waals surface area (Å²) < 4.78 is 2.68. The fourth-order valence-corrected chi connectivity index (χ4v) is 13.2. The highest BCUT2D eigenvalue weighted by Crippen LogP contribution is 2.69. The molecule has 0 saturated heterocycles. The van der Waals surface area contributed by atoms with Gasteiger partial charge in [0.15, 0.2) is 0 Å². The Morgan fingerprint density at radius 3 is 1.81 bits per heavy atom. The van der Waals surface area contributed by atoms with Crippen molar-refractivity contribution in [1.82, 2.24) is 0 Å². The van der Waals surface area contributed by atoms with Gasteiger partial charge in [0.1, 0.15) is 0 Å². The molecule has 5 aliphatic carbocycles. The molecule has 0 N–H and O–H groups in total. The number of benzene rings is 7. The van der Waals surface area contributed by atoms with Crippen LogP contribution in [0, 0.1) is 23.7 Å². The van der Waals surface area contributed by atoms with Gasteiger partial charge in [-0.15, -0.1) is 11.3 Å². The van der Waals surface area contributed by atoms with Crippen LogP contribution in [0.3, 0.4) is 0 Å². The molecule has 1 aromatic heterocycles. The predicted octanol–water partition coefficient (Wildman–Crippen LogP) is 14.6. The monoisotopic (exact) mass is 711 g/mol. The molecule has 260 valence electrons. The van der Waals surface area contributed by atoms with Gasteiger partial charge in [0.2, 0.25) is 0 Å². The predicted molar refractivity (Wildman–Crippen MR) is 228 cm³/mol. The number of thiophene rings is 1. The lowest BCUT2D eigenvalue weighted by atomic mass is 9.43. The molecule has 0 radical (unpaired) electrons. The molecule has 1 nitrogen and oxygen atoms in total. The molecule has 5 aliphatic rings. The maximum absolute atomic E-state index is 2.54. The first-order valence-corrected chi connectivity index (χ1v) is 20.8. The van der Waals surface area contributed by atoms with Gasteiger partial charge in [-0.3, -0.25) is 0 Å². The van der Waals surface area contributed by atoms with Gasteiger partial charge in [0, 0.05) is 42.6 Å². The van der Waals surface area contributed by atoms with Crippen LogP contribution in [0.4, 0.5) is 17.1 Å². The Morgan fingerprint density at radius 1 is 0.426 bits per heavy atom. The van der Waals surface area contributed by atoms with Gasteiger partial charge in [-0.05, 0) is 149 Å². The molecule has 1 spiro atoms. The summed E-state index contributed by atoms with van der Waals surface area (Å²) >= 11 is 1.88. The van der Waals surface area contributed by atoms with Crippen LogP contribution >= 0.6 is 11.3 Å². The van der Waals surface area contributed by atoms with Gasteiger partial charge < -0.3 is 4.90 Å². The number of rotatable bonds is 5. The largest absolute Gasteiger partial charge is 0.310 e. The van der Waals surface area contributed by atoms with Crippen molar-refractivity contribution in [2.24, 2.45) is 23.7 Å². The van der Waals surface area contributed by atoms with Crippen molar-refractivity contribution >= 4 is 48.6 Å². The number of hydrogen-bond donors (Lipinski definition) is 0. The van der Waals surface area contributed by atoms with Gasteiger partial charge >= 0.3 is 0 Å². The summed E-state index contributed by atoms with van der Waals surface area (Å²) in [5, 5.41) is 2.69. The van der Waals surface area contributed by atoms with Crippen LogP contribution < -0.4 is 4.90 Å². The molecule has 7 aromatic carbocycles. The number of nitrogens with zero attached hydrogens (tertiary/aromatic N) is 1. The van der Waals surface area contributed by atoms with Crippen LogP contribution in [-0.4, -0.2) is 0 Å². The lowest BCUT2D eigenvalue weighted by Gasteiger charge is -2.61. The van der Waals surface area contributed by atoms with Crippen LogP contribution in [0.5, 0.6) is 0 Å². The van der Waals surface area contributed by atoms with E-state index in [-0.39, 0.29) is 5.41 Å². The van der Waals surface area contributed by atoms with E-state index >= 15 is 0 Å². The van der Waals surface area contributed by atoms with E-state index in [0.29, 0.717) is 0 Å². The maximum atomic E-state index is 2.54. The lowest BCUT2D eigenvalue weighted by molar-refractivity contribution is -0.0399. The minimum Gasteiger partial charge on any atom is -0.310 e. The van der Waals surface area contributed by atoms with Gasteiger partial charge in [-0.1, -0.05) is 115 Å². The van der Waals surface area contributed by atoms with E-state index in [0.717, 1.165) is 23.7 Å². The summed E-state index contributed by atoms with van der Waals surface area (Å²) in [4.78, 5) is 2.46. The van der Waals surface area contributed by atoms with Crippen LogP contribution in [0.1, 0.15) is 43.2 Å². The number of anilines is 3. The van der Waals surface area contributed by atoms with E-state index in [4.69, 9.17) is 0 Å². The van der Waals surface area contributed by atoms with Gasteiger partial charge in [-0.25, -0.2) is 0 Å². The lowest BCUT2D eigenvalue weighted by Crippen LogP contribution is -2.55. The van der Waals surface area contributed by atoms with E-state index in [2.05, 4.69) is 169 Å². The van der Waals surface area contributed by atoms with E-state index < -0.39 is 0 Å². The molecule has 54 heavy (non-hydrogen) atoms. The van der Waals surface area contributed by atoms with Crippen molar-refractivity contribution in [2.45, 2.75) is 37.5 Å². The molecule has 4 saturated carbocycles. The normalized spacial score (nSPS) is 23.3. The van der Waals surface area contributed by atoms with E-state index in [9.17, 15) is 0 Å². The van der Waals surface area contributed by atoms with Gasteiger partial charge in [0.25, 0.3) is 0 Å². The summed E-state index contributed by atoms with van der Waals surface area (Å²) in [5.74, 6) is 3.43. The average molecular weight is 712 g/mol. The Morgan fingerprint density at radius 2 is 1.02 bits per heavy atom. The number of para-hydroxylation sites is 1. The molecular formula is C52H41NS. The van der Waals surface area contributed by atoms with Crippen molar-refractivity contribution in [3.05, 3.63) is 175 Å². The Labute approximate surface area is 321 Å². The Kier molecular flexibility index (Phi) is 6.75. The van der Waals surface area contributed by atoms with Crippen LogP contribution in [0.2, 0.25) is 0 Å². The zero-order valence-electron chi connectivity index (χ0n) is 30.3. The molecule has 4 bridgehead atoms. The zero-order chi connectivity index (χ0) is 35.4. The Hall–Kier alpha value is -5.44. The number of fused-ring (bicyclic) bond motifs is 6. The van der Waals surface area contributed by atoms with Crippen molar-refractivity contribution in [3.8, 4) is 33.4 Å². The third-order valence-corrected chi connectivity index (χ3v) is 15.0. The summed E-state index contributed by atoms with van der Waals surface area (Å²) in [7, 11) is 0. The van der Waals surface area contributed by atoms with Crippen LogP contribution in [-0.2, 0) is 5.41 Å². The highest BCUT2D eigenvalue weighted by molar-refractivity contribution is 7.25. The second kappa shape index (κ2) is 11.8. The molecule has 2 heteroatoms. The topological polar surface area (TPSA) is 3.24 Å². The highest BCUT2D eigenvalue weighted by Gasteiger charge is 2.61. The fourth-order valence-electron chi connectivity index (χ4n) is 12.1. The van der Waals surface area contributed by atoms with Crippen molar-refractivity contribution in [3.63, 3.8) is 0 Å². The first-order chi connectivity index (χ1) is 26.7. The van der Waals surface area contributed by atoms with Gasteiger partial charge in [0.05, 0.1) is 0 Å². The Balaban J connectivity index is 0.970. The van der Waals surface area contributed by atoms with Crippen molar-refractivity contribution in [2.75, 3.05) is 4.90 Å². The van der Waals surface area contributed by atoms with E-state index in [1.807, 2.05) is 11.3 Å². The summed E-state index contributed by atoms with van der Waals surface area (Å²) in [6, 6.07) is 61.7. The van der Waals surface area contributed by atoms with E-state index in [1.54, 1.807) is 11.1 Å². The standard InChI is InChI=1S/C52H41NS/c1-2-11-38(12-3-1)53(40-25-26-48-46(32-40)43-15-6-8-18-47(43)52(48)36-28-33-27-34(30-36)31-37(52)29-33)39-23-21-35(22-24-39)41-13-4-5-14-42(41)44-17-10-20-50-51(44)45-16-7-9-19-49(45)54-50/h1-26,32-34,36-37H,27-31H2. The molecule has 0 unspecified atom stereocenters. The summed E-state index contributed by atoms with van der Waals surface area (Å²) in [6.07, 6.45) is 7.12. The quantitative estimate of drug-likeness (QED) is 0.172. The second-order valence-corrected chi connectivity index (χ2v) is 17.6. The molecule has 0 amide bonds. The first-order valence-electron chi connectivity index (χ1n) is 19.9. The molecule has 0 atom stereocenters. The molecule has 8 aromatic rings. The molecule has 4 fully saturated rings. The average Bonchev–Trinajstić information content (AvgIpc) is 3.74. The van der Waals surface area contributed by atoms with Crippen molar-refractivity contribution < 1.29 is 0 Å². The molecule has 0 aliphatic heterocycles. The molecule has 1 heterocycles. The van der Waals surface area contributed by atoms with Gasteiger partial charge in [-0.2, -0.15) is 0 Å². The third kappa shape index (κ3) is 4.38. The highest BCUT2D eigenvalue weighted by atomic mass is 32.1. The molecule has 13 rings (SSSR count). The minimum atomic E-state index is 0.185. The van der Waals surface area contributed by atoms with E-state index in [1.165, 1.54) is 103 Å². The zero-order valence-corrected chi connectivity index (χ0v) is 31.1. The summed E-state index contributed by atoms with van der Waals surface area (Å²) in [5.41, 5.74) is 15.0.